The van der Waals surface area contributed by atoms with Gasteiger partial charge in [-0.05, 0) is 61.1 Å². The number of amides is 1. The lowest BCUT2D eigenvalue weighted by Gasteiger charge is -2.24. The van der Waals surface area contributed by atoms with E-state index in [1.54, 1.807) is 24.4 Å². The second-order valence-corrected chi connectivity index (χ2v) is 10.1. The molecule has 1 aliphatic carbocycles. The maximum atomic E-state index is 13.3. The van der Waals surface area contributed by atoms with E-state index in [0.29, 0.717) is 22.6 Å². The summed E-state index contributed by atoms with van der Waals surface area (Å²) < 4.78 is 3.29. The Balaban J connectivity index is 1.40. The molecule has 1 aliphatic rings. The largest absolute Gasteiger partial charge is 0.382 e. The molecule has 9 heteroatoms. The number of benzene rings is 2. The molecule has 3 aromatic heterocycles. The van der Waals surface area contributed by atoms with Crippen LogP contribution < -0.4 is 17.0 Å². The zero-order chi connectivity index (χ0) is 27.8. The molecule has 0 spiro atoms. The van der Waals surface area contributed by atoms with E-state index in [0.717, 1.165) is 48.0 Å². The van der Waals surface area contributed by atoms with Crippen LogP contribution in [-0.2, 0) is 0 Å². The molecular formula is C31H27N7O2. The molecule has 198 valence electrons. The lowest BCUT2D eigenvalue weighted by atomic mass is 9.81. The molecule has 9 nitrogen and oxygen atoms in total. The first-order valence-corrected chi connectivity index (χ1v) is 13.2. The molecule has 0 radical (unpaired) electrons. The molecule has 5 aromatic rings. The van der Waals surface area contributed by atoms with Crippen molar-refractivity contribution in [3.63, 3.8) is 0 Å². The average molecular weight is 530 g/mol. The number of carbonyl (C=O) groups excluding carboxylic acids is 1. The second kappa shape index (κ2) is 10.2. The molecule has 1 saturated carbocycles. The molecule has 0 saturated heterocycles. The molecule has 2 aromatic carbocycles. The number of primary amides is 1. The molecule has 0 bridgehead atoms. The molecule has 3 heterocycles. The minimum atomic E-state index is -0.784. The van der Waals surface area contributed by atoms with Crippen LogP contribution in [0.2, 0.25) is 0 Å². The Morgan fingerprint density at radius 2 is 1.62 bits per heavy atom. The molecule has 1 amide bonds. The summed E-state index contributed by atoms with van der Waals surface area (Å²) in [6, 6.07) is 22.9. The van der Waals surface area contributed by atoms with E-state index >= 15 is 0 Å². The van der Waals surface area contributed by atoms with Gasteiger partial charge < -0.3 is 11.5 Å². The van der Waals surface area contributed by atoms with Crippen molar-refractivity contribution in [2.75, 3.05) is 5.73 Å². The maximum Gasteiger partial charge on any atom is 0.268 e. The Morgan fingerprint density at radius 1 is 0.950 bits per heavy atom. The van der Waals surface area contributed by atoms with Gasteiger partial charge in [0.25, 0.3) is 11.5 Å². The fraction of sp³-hybridized carbons (Fsp3) is 0.194. The predicted molar refractivity (Wildman–Crippen MR) is 153 cm³/mol. The number of fused-ring (bicyclic) bond motifs is 1. The Morgan fingerprint density at radius 3 is 2.27 bits per heavy atom. The number of rotatable bonds is 5. The smallest absolute Gasteiger partial charge is 0.268 e. The second-order valence-electron chi connectivity index (χ2n) is 10.1. The number of hydrogen-bond donors (Lipinski definition) is 2. The normalized spacial score (nSPS) is 17.0. The van der Waals surface area contributed by atoms with Crippen molar-refractivity contribution < 1.29 is 4.79 Å². The van der Waals surface area contributed by atoms with Gasteiger partial charge >= 0.3 is 0 Å². The first kappa shape index (κ1) is 25.1. The van der Waals surface area contributed by atoms with Crippen LogP contribution >= 0.6 is 0 Å². The number of carbonyl (C=O) groups is 1. The van der Waals surface area contributed by atoms with Crippen LogP contribution in [0.5, 0.6) is 0 Å². The summed E-state index contributed by atoms with van der Waals surface area (Å²) in [4.78, 5) is 29.9. The van der Waals surface area contributed by atoms with Crippen LogP contribution in [0.4, 0.5) is 5.82 Å². The number of nitrogen functional groups attached to an aromatic ring is 1. The molecule has 0 unspecified atom stereocenters. The van der Waals surface area contributed by atoms with Gasteiger partial charge in [-0.15, -0.1) is 0 Å². The van der Waals surface area contributed by atoms with Gasteiger partial charge in [0.2, 0.25) is 0 Å². The monoisotopic (exact) mass is 529 g/mol. The summed E-state index contributed by atoms with van der Waals surface area (Å²) in [6.45, 7) is 0. The fourth-order valence-corrected chi connectivity index (χ4v) is 5.76. The lowest BCUT2D eigenvalue weighted by molar-refractivity contribution is 0.0999. The Bertz CT molecular complexity index is 1820. The predicted octanol–water partition coefficient (Wildman–Crippen LogP) is 4.69. The molecule has 1 fully saturated rings. The van der Waals surface area contributed by atoms with Gasteiger partial charge in [0, 0.05) is 40.5 Å². The first-order valence-electron chi connectivity index (χ1n) is 13.2. The number of nitrogens with two attached hydrogens (primary N) is 2. The average Bonchev–Trinajstić information content (AvgIpc) is 3.38. The molecule has 6 rings (SSSR count). The van der Waals surface area contributed by atoms with E-state index in [9.17, 15) is 14.9 Å². The highest BCUT2D eigenvalue weighted by molar-refractivity contribution is 5.99. The van der Waals surface area contributed by atoms with Crippen molar-refractivity contribution in [1.29, 1.82) is 5.26 Å². The summed E-state index contributed by atoms with van der Waals surface area (Å²) in [6.07, 6.45) is 6.67. The third-order valence-electron chi connectivity index (χ3n) is 7.82. The van der Waals surface area contributed by atoms with Gasteiger partial charge in [-0.2, -0.15) is 10.4 Å². The number of pyridine rings is 1. The van der Waals surface area contributed by atoms with Crippen LogP contribution in [0, 0.1) is 17.2 Å². The topological polar surface area (TPSA) is 145 Å². The third kappa shape index (κ3) is 4.29. The van der Waals surface area contributed by atoms with Gasteiger partial charge in [-0.1, -0.05) is 42.5 Å². The molecule has 0 atom stereocenters. The number of aromatic nitrogens is 4. The number of anilines is 1. The maximum absolute atomic E-state index is 13.3. The van der Waals surface area contributed by atoms with Crippen LogP contribution in [0.1, 0.15) is 47.7 Å². The number of para-hydroxylation sites is 1. The SMILES string of the molecule is N#C[C@H]1CC[C@H](c2cc(-c3ccc(-c4ccn(-c5ccccc5)c(=O)c4C(N)=O)cc3)c3c(N)ncnn32)CC1. The first-order chi connectivity index (χ1) is 19.5. The van der Waals surface area contributed by atoms with Crippen molar-refractivity contribution in [2.45, 2.75) is 31.6 Å². The van der Waals surface area contributed by atoms with E-state index in [-0.39, 0.29) is 17.4 Å². The highest BCUT2D eigenvalue weighted by atomic mass is 16.2. The Labute approximate surface area is 230 Å². The summed E-state index contributed by atoms with van der Waals surface area (Å²) in [5.41, 5.74) is 16.9. The molecule has 0 aliphatic heterocycles. The third-order valence-corrected chi connectivity index (χ3v) is 7.82. The summed E-state index contributed by atoms with van der Waals surface area (Å²) >= 11 is 0. The van der Waals surface area contributed by atoms with Crippen molar-refractivity contribution in [3.05, 3.63) is 101 Å². The van der Waals surface area contributed by atoms with E-state index in [1.165, 1.54) is 10.9 Å². The number of nitriles is 1. The zero-order valence-corrected chi connectivity index (χ0v) is 21.7. The number of nitrogens with zero attached hydrogens (tertiary/aromatic N) is 5. The highest BCUT2D eigenvalue weighted by Gasteiger charge is 2.27. The van der Waals surface area contributed by atoms with Gasteiger partial charge in [0.1, 0.15) is 17.4 Å². The van der Waals surface area contributed by atoms with E-state index in [2.05, 4.69) is 22.2 Å². The van der Waals surface area contributed by atoms with Crippen molar-refractivity contribution in [2.24, 2.45) is 11.7 Å². The van der Waals surface area contributed by atoms with Crippen LogP contribution in [0.25, 0.3) is 33.5 Å². The van der Waals surface area contributed by atoms with Crippen molar-refractivity contribution in [1.82, 2.24) is 19.2 Å². The van der Waals surface area contributed by atoms with E-state index in [4.69, 9.17) is 11.5 Å². The summed E-state index contributed by atoms with van der Waals surface area (Å²) in [5.74, 6) is -0.0250. The van der Waals surface area contributed by atoms with Crippen molar-refractivity contribution in [3.8, 4) is 34.0 Å². The van der Waals surface area contributed by atoms with Crippen LogP contribution in [0.15, 0.2) is 84.0 Å². The Hall–Kier alpha value is -5.23. The summed E-state index contributed by atoms with van der Waals surface area (Å²) in [7, 11) is 0. The summed E-state index contributed by atoms with van der Waals surface area (Å²) in [5, 5.41) is 13.8. The van der Waals surface area contributed by atoms with Crippen LogP contribution in [-0.4, -0.2) is 25.1 Å². The van der Waals surface area contributed by atoms with Gasteiger partial charge in [0.15, 0.2) is 5.82 Å². The van der Waals surface area contributed by atoms with Crippen molar-refractivity contribution >= 4 is 17.2 Å². The van der Waals surface area contributed by atoms with Crippen LogP contribution in [0.3, 0.4) is 0 Å². The quantitative estimate of drug-likeness (QED) is 0.338. The molecule has 4 N–H and O–H groups in total. The van der Waals surface area contributed by atoms with Gasteiger partial charge in [0.05, 0.1) is 6.07 Å². The standard InChI is InChI=1S/C31H27N7O2/c32-17-19-6-8-22(9-7-19)26-16-25(28-29(33)35-18-36-38(26)28)21-12-10-20(11-13-21)24-14-15-37(23-4-2-1-3-5-23)31(40)27(24)30(34)39/h1-5,10-16,18-19,22H,6-9H2,(H2,34,39)(H2,33,35,36)/t19-,22-. The zero-order valence-electron chi connectivity index (χ0n) is 21.7. The minimum Gasteiger partial charge on any atom is -0.382 e. The van der Waals surface area contributed by atoms with Gasteiger partial charge in [-0.25, -0.2) is 9.50 Å². The Kier molecular flexibility index (Phi) is 6.36. The molecule has 40 heavy (non-hydrogen) atoms. The minimum absolute atomic E-state index is 0.0682. The van der Waals surface area contributed by atoms with E-state index in [1.807, 2.05) is 47.0 Å². The highest BCUT2D eigenvalue weighted by Crippen LogP contribution is 2.40. The lowest BCUT2D eigenvalue weighted by Crippen LogP contribution is -2.29. The van der Waals surface area contributed by atoms with Gasteiger partial charge in [-0.3, -0.25) is 14.2 Å². The molecular weight excluding hydrogens is 502 g/mol. The number of hydrogen-bond acceptors (Lipinski definition) is 6. The fourth-order valence-electron chi connectivity index (χ4n) is 5.76. The van der Waals surface area contributed by atoms with E-state index < -0.39 is 11.5 Å².